The summed E-state index contributed by atoms with van der Waals surface area (Å²) in [5.41, 5.74) is 8.33. The number of nitrogen functional groups attached to an aromatic ring is 1. The molecule has 0 saturated heterocycles. The summed E-state index contributed by atoms with van der Waals surface area (Å²) in [6.45, 7) is 0. The van der Waals surface area contributed by atoms with Crippen molar-refractivity contribution in [2.45, 2.75) is 0 Å². The van der Waals surface area contributed by atoms with E-state index in [1.165, 1.54) is 29.2 Å². The van der Waals surface area contributed by atoms with Crippen LogP contribution in [0.5, 0.6) is 0 Å². The molecule has 0 aliphatic carbocycles. The van der Waals surface area contributed by atoms with Gasteiger partial charge in [-0.25, -0.2) is 5.84 Å². The lowest BCUT2D eigenvalue weighted by Crippen LogP contribution is -2.37. The van der Waals surface area contributed by atoms with Gasteiger partial charge in [-0.2, -0.15) is 0 Å². The van der Waals surface area contributed by atoms with E-state index in [9.17, 15) is 14.4 Å². The fourth-order valence-corrected chi connectivity index (χ4v) is 1.92. The molecular weight excluding hydrogens is 284 g/mol. The number of benzene rings is 2. The Labute approximate surface area is 126 Å². The van der Waals surface area contributed by atoms with Gasteiger partial charge in [0.2, 0.25) is 0 Å². The van der Waals surface area contributed by atoms with Gasteiger partial charge in [0.05, 0.1) is 0 Å². The van der Waals surface area contributed by atoms with Crippen LogP contribution in [0.15, 0.2) is 54.6 Å². The average Bonchev–Trinajstić information content (AvgIpc) is 2.56. The van der Waals surface area contributed by atoms with Crippen LogP contribution in [-0.2, 0) is 9.59 Å². The molecule has 2 aromatic carbocycles. The maximum absolute atomic E-state index is 12.1. The Balaban J connectivity index is 2.44. The van der Waals surface area contributed by atoms with Crippen LogP contribution >= 0.6 is 0 Å². The molecule has 0 aliphatic heterocycles. The fraction of sp³-hybridized carbons (Fsp3) is 0. The zero-order valence-corrected chi connectivity index (χ0v) is 11.5. The van der Waals surface area contributed by atoms with E-state index in [1.807, 2.05) is 5.43 Å². The maximum atomic E-state index is 12.1. The van der Waals surface area contributed by atoms with Crippen molar-refractivity contribution < 1.29 is 14.4 Å². The third-order valence-electron chi connectivity index (χ3n) is 2.95. The summed E-state index contributed by atoms with van der Waals surface area (Å²) in [6.07, 6.45) is 0. The fourth-order valence-electron chi connectivity index (χ4n) is 1.92. The van der Waals surface area contributed by atoms with Gasteiger partial charge in [0, 0.05) is 16.9 Å². The first kappa shape index (κ1) is 15.2. The molecule has 2 rings (SSSR count). The first-order chi connectivity index (χ1) is 10.5. The summed E-state index contributed by atoms with van der Waals surface area (Å²) in [4.78, 5) is 35.9. The number of nitrogens with zero attached hydrogens (tertiary/aromatic N) is 1. The highest BCUT2D eigenvalue weighted by Crippen LogP contribution is 2.25. The number of nitrogens with two attached hydrogens (primary N) is 2. The number of amides is 3. The predicted octanol–water partition coefficient (Wildman–Crippen LogP) is 0.440. The minimum absolute atomic E-state index is 0.325. The Morgan fingerprint density at radius 3 is 1.91 bits per heavy atom. The summed E-state index contributed by atoms with van der Waals surface area (Å²) >= 11 is 0. The molecule has 22 heavy (non-hydrogen) atoms. The average molecular weight is 298 g/mol. The smallest absolute Gasteiger partial charge is 0.320 e. The summed E-state index contributed by atoms with van der Waals surface area (Å²) in [5.74, 6) is 2.65. The number of anilines is 2. The normalized spacial score (nSPS) is 9.86. The summed E-state index contributed by atoms with van der Waals surface area (Å²) in [5, 5.41) is 0. The van der Waals surface area contributed by atoms with Gasteiger partial charge in [-0.3, -0.25) is 24.7 Å². The first-order valence-electron chi connectivity index (χ1n) is 6.34. The number of carbonyl (C=O) groups is 3. The number of rotatable bonds is 3. The molecule has 0 aromatic heterocycles. The van der Waals surface area contributed by atoms with Gasteiger partial charge >= 0.3 is 11.8 Å². The largest absolute Gasteiger partial charge is 0.361 e. The molecule has 5 N–H and O–H groups in total. The van der Waals surface area contributed by atoms with E-state index in [4.69, 9.17) is 11.6 Å². The number of hydrogen-bond donors (Lipinski definition) is 3. The van der Waals surface area contributed by atoms with E-state index in [1.54, 1.807) is 30.3 Å². The van der Waals surface area contributed by atoms with Crippen molar-refractivity contribution in [3.8, 4) is 0 Å². The zero-order chi connectivity index (χ0) is 16.1. The maximum Gasteiger partial charge on any atom is 0.320 e. The van der Waals surface area contributed by atoms with Crippen molar-refractivity contribution in [3.05, 3.63) is 60.2 Å². The molecule has 2 aromatic rings. The molecule has 0 atom stereocenters. The third-order valence-corrected chi connectivity index (χ3v) is 2.95. The van der Waals surface area contributed by atoms with Crippen LogP contribution in [0.3, 0.4) is 0 Å². The van der Waals surface area contributed by atoms with Gasteiger partial charge in [-0.15, -0.1) is 0 Å². The second-order valence-electron chi connectivity index (χ2n) is 4.36. The molecule has 0 radical (unpaired) electrons. The Morgan fingerprint density at radius 1 is 0.864 bits per heavy atom. The van der Waals surface area contributed by atoms with E-state index in [0.717, 1.165) is 0 Å². The lowest BCUT2D eigenvalue weighted by Gasteiger charge is -2.21. The lowest BCUT2D eigenvalue weighted by atomic mass is 10.1. The van der Waals surface area contributed by atoms with Crippen molar-refractivity contribution >= 4 is 29.1 Å². The van der Waals surface area contributed by atoms with Gasteiger partial charge in [-0.1, -0.05) is 18.2 Å². The van der Waals surface area contributed by atoms with Crippen LogP contribution < -0.4 is 21.9 Å². The van der Waals surface area contributed by atoms with Crippen molar-refractivity contribution in [2.24, 2.45) is 11.6 Å². The van der Waals surface area contributed by atoms with Crippen LogP contribution in [0, 0.1) is 0 Å². The van der Waals surface area contributed by atoms with E-state index >= 15 is 0 Å². The van der Waals surface area contributed by atoms with Gasteiger partial charge in [0.15, 0.2) is 0 Å². The summed E-state index contributed by atoms with van der Waals surface area (Å²) in [7, 11) is 0. The van der Waals surface area contributed by atoms with Crippen LogP contribution in [-0.4, -0.2) is 17.7 Å². The highest BCUT2D eigenvalue weighted by Gasteiger charge is 2.22. The molecule has 7 heteroatoms. The van der Waals surface area contributed by atoms with Crippen molar-refractivity contribution in [1.82, 2.24) is 5.43 Å². The number of carbonyl (C=O) groups excluding carboxylic acids is 3. The molecule has 0 bridgehead atoms. The Bertz CT molecular complexity index is 698. The number of hydrazine groups is 1. The number of para-hydroxylation sites is 1. The second kappa shape index (κ2) is 6.51. The number of nitrogens with one attached hydrogen (secondary N) is 1. The molecule has 0 heterocycles. The SMILES string of the molecule is NNC(=O)c1ccc(N(C(=O)C(N)=O)c2ccccc2)cc1. The standard InChI is InChI=1S/C15H14N4O3/c16-13(20)15(22)19(11-4-2-1-3-5-11)12-8-6-10(7-9-12)14(21)18-17/h1-9H,17H2,(H2,16,20)(H,18,21). The molecule has 0 saturated carbocycles. The van der Waals surface area contributed by atoms with Gasteiger partial charge < -0.3 is 5.73 Å². The first-order valence-corrected chi connectivity index (χ1v) is 6.34. The van der Waals surface area contributed by atoms with Crippen LogP contribution in [0.25, 0.3) is 0 Å². The molecule has 7 nitrogen and oxygen atoms in total. The molecule has 3 amide bonds. The molecule has 0 fully saturated rings. The van der Waals surface area contributed by atoms with Crippen LogP contribution in [0.2, 0.25) is 0 Å². The zero-order valence-electron chi connectivity index (χ0n) is 11.5. The number of primary amides is 1. The van der Waals surface area contributed by atoms with Gasteiger partial charge in [0.25, 0.3) is 5.91 Å². The Morgan fingerprint density at radius 2 is 1.41 bits per heavy atom. The highest BCUT2D eigenvalue weighted by molar-refractivity contribution is 6.41. The van der Waals surface area contributed by atoms with Crippen LogP contribution in [0.4, 0.5) is 11.4 Å². The van der Waals surface area contributed by atoms with Gasteiger partial charge in [0.1, 0.15) is 0 Å². The Kier molecular flexibility index (Phi) is 4.50. The monoisotopic (exact) mass is 298 g/mol. The van der Waals surface area contributed by atoms with Gasteiger partial charge in [-0.05, 0) is 36.4 Å². The van der Waals surface area contributed by atoms with E-state index in [2.05, 4.69) is 0 Å². The third kappa shape index (κ3) is 3.10. The van der Waals surface area contributed by atoms with Crippen molar-refractivity contribution in [2.75, 3.05) is 4.90 Å². The molecule has 0 spiro atoms. The van der Waals surface area contributed by atoms with Crippen molar-refractivity contribution in [3.63, 3.8) is 0 Å². The van der Waals surface area contributed by atoms with E-state index in [-0.39, 0.29) is 0 Å². The second-order valence-corrected chi connectivity index (χ2v) is 4.36. The van der Waals surface area contributed by atoms with Crippen molar-refractivity contribution in [1.29, 1.82) is 0 Å². The summed E-state index contributed by atoms with van der Waals surface area (Å²) in [6, 6.07) is 14.6. The minimum Gasteiger partial charge on any atom is -0.361 e. The Hall–Kier alpha value is -3.19. The summed E-state index contributed by atoms with van der Waals surface area (Å²) < 4.78 is 0. The highest BCUT2D eigenvalue weighted by atomic mass is 16.2. The molecule has 112 valence electrons. The predicted molar refractivity (Wildman–Crippen MR) is 80.9 cm³/mol. The quantitative estimate of drug-likeness (QED) is 0.330. The molecular formula is C15H14N4O3. The van der Waals surface area contributed by atoms with E-state index in [0.29, 0.717) is 16.9 Å². The topological polar surface area (TPSA) is 119 Å². The molecule has 0 aliphatic rings. The minimum atomic E-state index is -1.08. The van der Waals surface area contributed by atoms with E-state index < -0.39 is 17.7 Å². The molecule has 0 unspecified atom stereocenters. The lowest BCUT2D eigenvalue weighted by molar-refractivity contribution is -0.135. The number of hydrogen-bond acceptors (Lipinski definition) is 4. The van der Waals surface area contributed by atoms with Crippen LogP contribution in [0.1, 0.15) is 10.4 Å².